The Balaban J connectivity index is 4.61. The molecule has 2 heteroatoms. The Hall–Kier alpha value is -0.340. The fourth-order valence-electron chi connectivity index (χ4n) is 2.75. The molecule has 2 nitrogen and oxygen atoms in total. The van der Waals surface area contributed by atoms with E-state index in [0.717, 1.165) is 26.1 Å². The van der Waals surface area contributed by atoms with Crippen LogP contribution in [0.1, 0.15) is 60.3 Å². The van der Waals surface area contributed by atoms with E-state index in [1.807, 2.05) is 6.08 Å². The van der Waals surface area contributed by atoms with Gasteiger partial charge in [0.05, 0.1) is 0 Å². The lowest BCUT2D eigenvalue weighted by atomic mass is 9.88. The van der Waals surface area contributed by atoms with Crippen molar-refractivity contribution in [1.82, 2.24) is 10.2 Å². The second kappa shape index (κ2) is 9.57. The van der Waals surface area contributed by atoms with Crippen molar-refractivity contribution < 1.29 is 0 Å². The zero-order chi connectivity index (χ0) is 14.0. The summed E-state index contributed by atoms with van der Waals surface area (Å²) < 4.78 is 0. The molecule has 1 unspecified atom stereocenters. The Kier molecular flexibility index (Phi) is 9.39. The van der Waals surface area contributed by atoms with Crippen molar-refractivity contribution in [2.75, 3.05) is 19.6 Å². The molecule has 0 radical (unpaired) electrons. The van der Waals surface area contributed by atoms with Crippen LogP contribution in [0.4, 0.5) is 0 Å². The zero-order valence-electron chi connectivity index (χ0n) is 13.3. The summed E-state index contributed by atoms with van der Waals surface area (Å²) in [6.07, 6.45) is 6.82. The zero-order valence-corrected chi connectivity index (χ0v) is 13.3. The van der Waals surface area contributed by atoms with Gasteiger partial charge in [-0.15, -0.1) is 6.58 Å². The van der Waals surface area contributed by atoms with E-state index in [9.17, 15) is 0 Å². The number of likely N-dealkylation sites (N-methyl/N-ethyl adjacent to an activating group) is 1. The molecule has 0 aliphatic rings. The highest BCUT2D eigenvalue weighted by Crippen LogP contribution is 2.22. The average molecular weight is 254 g/mol. The molecule has 0 bridgehead atoms. The third kappa shape index (κ3) is 5.53. The van der Waals surface area contributed by atoms with E-state index < -0.39 is 0 Å². The minimum atomic E-state index is 0.222. The lowest BCUT2D eigenvalue weighted by Crippen LogP contribution is -2.57. The molecular formula is C16H34N2. The largest absolute Gasteiger partial charge is 0.312 e. The Morgan fingerprint density at radius 2 is 1.83 bits per heavy atom. The molecule has 0 spiro atoms. The van der Waals surface area contributed by atoms with Crippen LogP contribution in [0.15, 0.2) is 12.7 Å². The van der Waals surface area contributed by atoms with E-state index in [4.69, 9.17) is 0 Å². The van der Waals surface area contributed by atoms with Gasteiger partial charge in [-0.2, -0.15) is 0 Å². The van der Waals surface area contributed by atoms with E-state index in [1.54, 1.807) is 0 Å². The van der Waals surface area contributed by atoms with Crippen molar-refractivity contribution in [3.05, 3.63) is 12.7 Å². The molecule has 1 N–H and O–H groups in total. The lowest BCUT2D eigenvalue weighted by molar-refractivity contribution is 0.0867. The first-order valence-electron chi connectivity index (χ1n) is 7.63. The molecule has 0 fully saturated rings. The average Bonchev–Trinajstić information content (AvgIpc) is 2.34. The van der Waals surface area contributed by atoms with Crippen LogP contribution in [-0.4, -0.2) is 36.1 Å². The van der Waals surface area contributed by atoms with Crippen molar-refractivity contribution in [2.45, 2.75) is 71.9 Å². The van der Waals surface area contributed by atoms with Gasteiger partial charge in [-0.1, -0.05) is 26.8 Å². The summed E-state index contributed by atoms with van der Waals surface area (Å²) in [7, 11) is 0. The van der Waals surface area contributed by atoms with Gasteiger partial charge in [0.1, 0.15) is 0 Å². The van der Waals surface area contributed by atoms with Crippen molar-refractivity contribution in [2.24, 2.45) is 0 Å². The van der Waals surface area contributed by atoms with Gasteiger partial charge in [0.15, 0.2) is 0 Å². The summed E-state index contributed by atoms with van der Waals surface area (Å²) >= 11 is 0. The SMILES string of the molecule is C=CCCCC(NCCC)C(C)(C)N(CC)CC. The Morgan fingerprint density at radius 3 is 2.28 bits per heavy atom. The van der Waals surface area contributed by atoms with E-state index in [0.29, 0.717) is 6.04 Å². The van der Waals surface area contributed by atoms with Crippen molar-refractivity contribution in [3.63, 3.8) is 0 Å². The first kappa shape index (κ1) is 17.7. The summed E-state index contributed by atoms with van der Waals surface area (Å²) in [5.74, 6) is 0. The Bertz CT molecular complexity index is 207. The highest BCUT2D eigenvalue weighted by atomic mass is 15.2. The maximum Gasteiger partial charge on any atom is 0.0306 e. The normalized spacial score (nSPS) is 13.9. The van der Waals surface area contributed by atoms with Crippen LogP contribution in [0.5, 0.6) is 0 Å². The number of allylic oxidation sites excluding steroid dienone is 1. The van der Waals surface area contributed by atoms with E-state index in [1.165, 1.54) is 19.3 Å². The third-order valence-corrected chi connectivity index (χ3v) is 3.97. The number of hydrogen-bond acceptors (Lipinski definition) is 2. The lowest BCUT2D eigenvalue weighted by Gasteiger charge is -2.44. The smallest absolute Gasteiger partial charge is 0.0306 e. The van der Waals surface area contributed by atoms with Gasteiger partial charge in [0.2, 0.25) is 0 Å². The summed E-state index contributed by atoms with van der Waals surface area (Å²) in [5, 5.41) is 3.74. The molecule has 108 valence electrons. The number of hydrogen-bond donors (Lipinski definition) is 1. The number of nitrogens with zero attached hydrogens (tertiary/aromatic N) is 1. The topological polar surface area (TPSA) is 15.3 Å². The number of unbranched alkanes of at least 4 members (excludes halogenated alkanes) is 1. The fourth-order valence-corrected chi connectivity index (χ4v) is 2.75. The first-order chi connectivity index (χ1) is 8.54. The van der Waals surface area contributed by atoms with Crippen molar-refractivity contribution in [3.8, 4) is 0 Å². The van der Waals surface area contributed by atoms with Gasteiger partial charge in [-0.3, -0.25) is 4.90 Å². The van der Waals surface area contributed by atoms with Crippen LogP contribution in [-0.2, 0) is 0 Å². The molecule has 0 aliphatic heterocycles. The Labute approximate surface area is 115 Å². The molecule has 0 rings (SSSR count). The molecule has 0 saturated heterocycles. The highest BCUT2D eigenvalue weighted by molar-refractivity contribution is 4.93. The quantitative estimate of drug-likeness (QED) is 0.445. The molecule has 0 aromatic heterocycles. The molecular weight excluding hydrogens is 220 g/mol. The van der Waals surface area contributed by atoms with Crippen LogP contribution in [0.2, 0.25) is 0 Å². The van der Waals surface area contributed by atoms with Gasteiger partial charge in [0.25, 0.3) is 0 Å². The van der Waals surface area contributed by atoms with E-state index in [-0.39, 0.29) is 5.54 Å². The van der Waals surface area contributed by atoms with Gasteiger partial charge < -0.3 is 5.32 Å². The van der Waals surface area contributed by atoms with Gasteiger partial charge >= 0.3 is 0 Å². The van der Waals surface area contributed by atoms with Crippen molar-refractivity contribution in [1.29, 1.82) is 0 Å². The molecule has 0 saturated carbocycles. The molecule has 1 atom stereocenters. The summed E-state index contributed by atoms with van der Waals surface area (Å²) in [6.45, 7) is 18.7. The van der Waals surface area contributed by atoms with Crippen LogP contribution in [0.3, 0.4) is 0 Å². The fraction of sp³-hybridized carbons (Fsp3) is 0.875. The second-order valence-corrected chi connectivity index (χ2v) is 5.55. The van der Waals surface area contributed by atoms with E-state index >= 15 is 0 Å². The molecule has 0 amide bonds. The Morgan fingerprint density at radius 1 is 1.22 bits per heavy atom. The predicted octanol–water partition coefficient (Wildman–Crippen LogP) is 3.83. The summed E-state index contributed by atoms with van der Waals surface area (Å²) in [5.41, 5.74) is 0.222. The van der Waals surface area contributed by atoms with Crippen LogP contribution in [0.25, 0.3) is 0 Å². The van der Waals surface area contributed by atoms with Crippen LogP contribution in [0, 0.1) is 0 Å². The maximum absolute atomic E-state index is 3.82. The minimum Gasteiger partial charge on any atom is -0.312 e. The maximum atomic E-state index is 3.82. The highest BCUT2D eigenvalue weighted by Gasteiger charge is 2.32. The van der Waals surface area contributed by atoms with Crippen molar-refractivity contribution >= 4 is 0 Å². The summed E-state index contributed by atoms with van der Waals surface area (Å²) in [4.78, 5) is 2.56. The second-order valence-electron chi connectivity index (χ2n) is 5.55. The molecule has 0 aliphatic carbocycles. The minimum absolute atomic E-state index is 0.222. The standard InChI is InChI=1S/C16H34N2/c1-7-11-12-13-15(17-14-8-2)16(5,6)18(9-3)10-4/h7,15,17H,1,8-14H2,2-6H3. The molecule has 0 heterocycles. The van der Waals surface area contributed by atoms with Gasteiger partial charge in [-0.25, -0.2) is 0 Å². The number of rotatable bonds is 11. The van der Waals surface area contributed by atoms with Gasteiger partial charge in [0, 0.05) is 11.6 Å². The molecule has 18 heavy (non-hydrogen) atoms. The predicted molar refractivity (Wildman–Crippen MR) is 83.1 cm³/mol. The molecule has 0 aromatic carbocycles. The van der Waals surface area contributed by atoms with Crippen LogP contribution < -0.4 is 5.32 Å². The monoisotopic (exact) mass is 254 g/mol. The van der Waals surface area contributed by atoms with Gasteiger partial charge in [-0.05, 0) is 59.2 Å². The first-order valence-corrected chi connectivity index (χ1v) is 7.63. The van der Waals surface area contributed by atoms with Crippen LogP contribution >= 0.6 is 0 Å². The molecule has 0 aromatic rings. The number of nitrogens with one attached hydrogen (secondary N) is 1. The summed E-state index contributed by atoms with van der Waals surface area (Å²) in [6, 6.07) is 0.567. The third-order valence-electron chi connectivity index (χ3n) is 3.97. The van der Waals surface area contributed by atoms with E-state index in [2.05, 4.69) is 51.4 Å².